The topological polar surface area (TPSA) is 84.5 Å². The zero-order valence-corrected chi connectivity index (χ0v) is 15.2. The van der Waals surface area contributed by atoms with Crippen LogP contribution in [0.15, 0.2) is 11.6 Å². The summed E-state index contributed by atoms with van der Waals surface area (Å²) in [5.74, 6) is -1.03. The molecule has 2 rings (SSSR count). The Morgan fingerprint density at radius 3 is 2.52 bits per heavy atom. The first kappa shape index (κ1) is 19.5. The van der Waals surface area contributed by atoms with E-state index in [-0.39, 0.29) is 18.4 Å². The number of ether oxygens (including phenoxy) is 1. The van der Waals surface area contributed by atoms with Crippen LogP contribution in [0, 0.1) is 0 Å². The highest BCUT2D eigenvalue weighted by Crippen LogP contribution is 2.29. The lowest BCUT2D eigenvalue weighted by Crippen LogP contribution is -2.56. The third-order valence-corrected chi connectivity index (χ3v) is 5.00. The van der Waals surface area contributed by atoms with E-state index in [2.05, 4.69) is 16.7 Å². The van der Waals surface area contributed by atoms with Crippen LogP contribution in [-0.2, 0) is 19.1 Å². The lowest BCUT2D eigenvalue weighted by Gasteiger charge is -2.35. The van der Waals surface area contributed by atoms with Gasteiger partial charge in [-0.1, -0.05) is 30.9 Å². The molecule has 25 heavy (non-hydrogen) atoms. The predicted molar refractivity (Wildman–Crippen MR) is 94.8 cm³/mol. The van der Waals surface area contributed by atoms with Gasteiger partial charge in [0, 0.05) is 13.5 Å². The smallest absolute Gasteiger partial charge is 0.332 e. The highest BCUT2D eigenvalue weighted by Gasteiger charge is 2.41. The maximum Gasteiger partial charge on any atom is 0.332 e. The number of rotatable bonds is 7. The van der Waals surface area contributed by atoms with Gasteiger partial charge in [-0.3, -0.25) is 9.59 Å². The maximum atomic E-state index is 12.5. The molecule has 0 aromatic rings. The van der Waals surface area contributed by atoms with Gasteiger partial charge in [0.1, 0.15) is 5.54 Å². The summed E-state index contributed by atoms with van der Waals surface area (Å²) in [6.45, 7) is 1.68. The van der Waals surface area contributed by atoms with Crippen LogP contribution in [0.25, 0.3) is 0 Å². The van der Waals surface area contributed by atoms with E-state index in [4.69, 9.17) is 4.74 Å². The fourth-order valence-electron chi connectivity index (χ4n) is 3.69. The fraction of sp³-hybridized carbons (Fsp3) is 0.737. The van der Waals surface area contributed by atoms with E-state index in [0.717, 1.165) is 38.5 Å². The number of esters is 1. The van der Waals surface area contributed by atoms with Gasteiger partial charge in [-0.05, 0) is 44.9 Å². The molecular formula is C19H30N2O4. The molecular weight excluding hydrogens is 320 g/mol. The zero-order valence-electron chi connectivity index (χ0n) is 15.2. The van der Waals surface area contributed by atoms with E-state index in [0.29, 0.717) is 19.4 Å². The van der Waals surface area contributed by atoms with E-state index in [1.165, 1.54) is 25.3 Å². The van der Waals surface area contributed by atoms with Crippen molar-refractivity contribution in [2.24, 2.45) is 0 Å². The van der Waals surface area contributed by atoms with E-state index in [1.807, 2.05) is 0 Å². The average molecular weight is 350 g/mol. The van der Waals surface area contributed by atoms with Gasteiger partial charge >= 0.3 is 5.97 Å². The molecule has 0 atom stereocenters. The number of carbonyl (C=O) groups excluding carboxylic acids is 3. The molecule has 0 unspecified atom stereocenters. The number of carbonyl (C=O) groups is 3. The summed E-state index contributed by atoms with van der Waals surface area (Å²) in [6, 6.07) is 0. The molecule has 0 radical (unpaired) electrons. The molecule has 0 aromatic heterocycles. The molecule has 0 aliphatic heterocycles. The molecule has 140 valence electrons. The molecule has 2 aliphatic rings. The Hall–Kier alpha value is -1.85. The molecule has 2 amide bonds. The number of nitrogens with one attached hydrogen (secondary N) is 2. The molecule has 1 fully saturated rings. The van der Waals surface area contributed by atoms with Crippen molar-refractivity contribution in [2.75, 3.05) is 13.2 Å². The minimum absolute atomic E-state index is 0.246. The van der Waals surface area contributed by atoms with Crippen LogP contribution >= 0.6 is 0 Å². The van der Waals surface area contributed by atoms with Crippen LogP contribution in [0.5, 0.6) is 0 Å². The Bertz CT molecular complexity index is 522. The molecule has 0 aromatic carbocycles. The molecule has 6 heteroatoms. The van der Waals surface area contributed by atoms with Crippen LogP contribution in [0.2, 0.25) is 0 Å². The minimum Gasteiger partial charge on any atom is -0.454 e. The van der Waals surface area contributed by atoms with Crippen molar-refractivity contribution in [3.63, 3.8) is 0 Å². The summed E-state index contributed by atoms with van der Waals surface area (Å²) in [4.78, 5) is 35.8. The molecule has 1 saturated carbocycles. The lowest BCUT2D eigenvalue weighted by atomic mass is 9.81. The van der Waals surface area contributed by atoms with E-state index >= 15 is 0 Å². The van der Waals surface area contributed by atoms with Crippen LogP contribution in [0.4, 0.5) is 0 Å². The summed E-state index contributed by atoms with van der Waals surface area (Å²) in [5, 5.41) is 5.55. The van der Waals surface area contributed by atoms with Crippen molar-refractivity contribution in [2.45, 2.75) is 76.7 Å². The zero-order chi connectivity index (χ0) is 18.1. The highest BCUT2D eigenvalue weighted by molar-refractivity contribution is 5.89. The van der Waals surface area contributed by atoms with Crippen molar-refractivity contribution < 1.29 is 19.1 Å². The van der Waals surface area contributed by atoms with Crippen molar-refractivity contribution in [3.05, 3.63) is 11.6 Å². The summed E-state index contributed by atoms with van der Waals surface area (Å²) in [6.07, 6.45) is 11.8. The van der Waals surface area contributed by atoms with Crippen LogP contribution in [-0.4, -0.2) is 36.5 Å². The van der Waals surface area contributed by atoms with Gasteiger partial charge < -0.3 is 15.4 Å². The van der Waals surface area contributed by atoms with Gasteiger partial charge in [-0.15, -0.1) is 0 Å². The van der Waals surface area contributed by atoms with Crippen molar-refractivity contribution in [3.8, 4) is 0 Å². The minimum atomic E-state index is -0.961. The van der Waals surface area contributed by atoms with Gasteiger partial charge in [0.15, 0.2) is 6.61 Å². The number of amides is 2. The number of hydrogen-bond acceptors (Lipinski definition) is 4. The quantitative estimate of drug-likeness (QED) is 0.545. The predicted octanol–water partition coefficient (Wildman–Crippen LogP) is 2.38. The Morgan fingerprint density at radius 1 is 1.12 bits per heavy atom. The molecule has 0 saturated heterocycles. The monoisotopic (exact) mass is 350 g/mol. The Morgan fingerprint density at radius 2 is 1.88 bits per heavy atom. The second-order valence-corrected chi connectivity index (χ2v) is 7.11. The lowest BCUT2D eigenvalue weighted by molar-refractivity contribution is -0.158. The normalized spacial score (nSPS) is 19.5. The van der Waals surface area contributed by atoms with Crippen LogP contribution in [0.1, 0.15) is 71.1 Å². The van der Waals surface area contributed by atoms with Gasteiger partial charge in [-0.25, -0.2) is 4.79 Å². The highest BCUT2D eigenvalue weighted by atomic mass is 16.5. The molecule has 0 spiro atoms. The third-order valence-electron chi connectivity index (χ3n) is 5.00. The van der Waals surface area contributed by atoms with Gasteiger partial charge in [-0.2, -0.15) is 0 Å². The Balaban J connectivity index is 1.74. The van der Waals surface area contributed by atoms with E-state index in [1.54, 1.807) is 0 Å². The second-order valence-electron chi connectivity index (χ2n) is 7.11. The van der Waals surface area contributed by atoms with Gasteiger partial charge in [0.05, 0.1) is 0 Å². The maximum absolute atomic E-state index is 12.5. The van der Waals surface area contributed by atoms with Gasteiger partial charge in [0.25, 0.3) is 5.91 Å². The summed E-state index contributed by atoms with van der Waals surface area (Å²) in [7, 11) is 0. The average Bonchev–Trinajstić information content (AvgIpc) is 2.61. The molecule has 0 bridgehead atoms. The van der Waals surface area contributed by atoms with Crippen molar-refractivity contribution >= 4 is 17.8 Å². The second kappa shape index (κ2) is 9.59. The molecule has 6 nitrogen and oxygen atoms in total. The SMILES string of the molecule is CC(=O)NC1(C(=O)OCC(=O)NCCC2=CCCCC2)CCCCC1. The standard InChI is InChI=1S/C19H30N2O4/c1-15(22)21-19(11-6-3-7-12-19)18(24)25-14-17(23)20-13-10-16-8-4-2-5-9-16/h8H,2-7,9-14H2,1H3,(H,20,23)(H,21,22). The first-order valence-electron chi connectivity index (χ1n) is 9.42. The molecule has 2 aliphatic carbocycles. The largest absolute Gasteiger partial charge is 0.454 e. The Labute approximate surface area is 149 Å². The van der Waals surface area contributed by atoms with Crippen molar-refractivity contribution in [1.82, 2.24) is 10.6 Å². The summed E-state index contributed by atoms with van der Waals surface area (Å²) < 4.78 is 5.21. The Kier molecular flexibility index (Phi) is 7.47. The first-order chi connectivity index (χ1) is 12.0. The summed E-state index contributed by atoms with van der Waals surface area (Å²) in [5.41, 5.74) is 0.437. The van der Waals surface area contributed by atoms with E-state index in [9.17, 15) is 14.4 Å². The first-order valence-corrected chi connectivity index (χ1v) is 9.42. The number of allylic oxidation sites excluding steroid dienone is 1. The van der Waals surface area contributed by atoms with Gasteiger partial charge in [0.2, 0.25) is 5.91 Å². The van der Waals surface area contributed by atoms with Crippen LogP contribution in [0.3, 0.4) is 0 Å². The summed E-state index contributed by atoms with van der Waals surface area (Å²) >= 11 is 0. The van der Waals surface area contributed by atoms with E-state index < -0.39 is 11.5 Å². The van der Waals surface area contributed by atoms with Crippen LogP contribution < -0.4 is 10.6 Å². The number of hydrogen-bond donors (Lipinski definition) is 2. The molecule has 2 N–H and O–H groups in total. The van der Waals surface area contributed by atoms with Crippen molar-refractivity contribution in [1.29, 1.82) is 0 Å². The fourth-order valence-corrected chi connectivity index (χ4v) is 3.69. The molecule has 0 heterocycles. The third kappa shape index (κ3) is 6.18.